The maximum Gasteiger partial charge on any atom is 0.366 e. The molecule has 8 nitrogen and oxygen atoms in total. The third-order valence-electron chi connectivity index (χ3n) is 2.59. The van der Waals surface area contributed by atoms with E-state index in [0.29, 0.717) is 6.54 Å². The van der Waals surface area contributed by atoms with Crippen molar-refractivity contribution >= 4 is 17.5 Å². The first-order chi connectivity index (χ1) is 7.82. The van der Waals surface area contributed by atoms with Gasteiger partial charge in [-0.05, 0) is 25.7 Å². The molecule has 0 saturated carbocycles. The molecule has 8 heteroatoms. The van der Waals surface area contributed by atoms with Crippen LogP contribution in [0.15, 0.2) is 6.20 Å². The van der Waals surface area contributed by atoms with E-state index in [-0.39, 0.29) is 11.5 Å². The third kappa shape index (κ3) is 2.19. The van der Waals surface area contributed by atoms with Crippen LogP contribution in [0.4, 0.5) is 11.5 Å². The van der Waals surface area contributed by atoms with E-state index >= 15 is 0 Å². The Morgan fingerprint density at radius 3 is 2.71 bits per heavy atom. The number of nitrogens with one attached hydrogen (secondary N) is 1. The second-order valence-electron chi connectivity index (χ2n) is 3.97. The zero-order valence-corrected chi connectivity index (χ0v) is 9.80. The molecule has 1 rings (SSSR count). The lowest BCUT2D eigenvalue weighted by molar-refractivity contribution is -0.388. The van der Waals surface area contributed by atoms with Gasteiger partial charge in [-0.2, -0.15) is 0 Å². The van der Waals surface area contributed by atoms with Crippen LogP contribution < -0.4 is 4.90 Å². The number of aromatic amines is 1. The molecular weight excluding hydrogens is 228 g/mol. The van der Waals surface area contributed by atoms with E-state index in [1.54, 1.807) is 6.92 Å². The average Bonchev–Trinajstić information content (AvgIpc) is 2.67. The summed E-state index contributed by atoms with van der Waals surface area (Å²) in [6.45, 7) is 5.01. The molecule has 0 aliphatic carbocycles. The summed E-state index contributed by atoms with van der Waals surface area (Å²) in [5.74, 6) is -1.36. The first kappa shape index (κ1) is 12.9. The number of carboxylic acid groups (broad SMARTS) is 1. The SMILES string of the molecule is CCN(c1cn[nH]c1[N+](=O)[O-])C(C)(C)C(=O)O. The Morgan fingerprint density at radius 2 is 2.29 bits per heavy atom. The Kier molecular flexibility index (Phi) is 3.35. The van der Waals surface area contributed by atoms with Gasteiger partial charge in [0.2, 0.25) is 0 Å². The lowest BCUT2D eigenvalue weighted by atomic mass is 10.0. The van der Waals surface area contributed by atoms with Gasteiger partial charge in [-0.1, -0.05) is 5.10 Å². The molecule has 0 aromatic carbocycles. The number of anilines is 1. The molecule has 1 heterocycles. The minimum atomic E-state index is -1.25. The van der Waals surface area contributed by atoms with E-state index in [0.717, 1.165) is 0 Å². The lowest BCUT2D eigenvalue weighted by Gasteiger charge is -2.34. The van der Waals surface area contributed by atoms with Gasteiger partial charge >= 0.3 is 11.8 Å². The number of carboxylic acids is 1. The second-order valence-corrected chi connectivity index (χ2v) is 3.97. The molecule has 2 N–H and O–H groups in total. The number of rotatable bonds is 5. The second kappa shape index (κ2) is 4.40. The van der Waals surface area contributed by atoms with Crippen molar-refractivity contribution in [2.45, 2.75) is 26.3 Å². The monoisotopic (exact) mass is 242 g/mol. The van der Waals surface area contributed by atoms with E-state index in [4.69, 9.17) is 5.11 Å². The molecule has 0 aliphatic heterocycles. The van der Waals surface area contributed by atoms with Crippen LogP contribution in [0.2, 0.25) is 0 Å². The van der Waals surface area contributed by atoms with Crippen molar-refractivity contribution in [1.82, 2.24) is 10.2 Å². The number of nitrogens with zero attached hydrogens (tertiary/aromatic N) is 3. The number of aromatic nitrogens is 2. The largest absolute Gasteiger partial charge is 0.480 e. The predicted octanol–water partition coefficient (Wildman–Crippen LogP) is 1.01. The van der Waals surface area contributed by atoms with Gasteiger partial charge in [0, 0.05) is 6.54 Å². The molecule has 0 spiro atoms. The Labute approximate surface area is 97.4 Å². The molecule has 0 aliphatic rings. The van der Waals surface area contributed by atoms with Gasteiger partial charge < -0.3 is 20.1 Å². The number of likely N-dealkylation sites (N-methyl/N-ethyl adjacent to an activating group) is 1. The van der Waals surface area contributed by atoms with Crippen LogP contribution in [0.3, 0.4) is 0 Å². The minimum Gasteiger partial charge on any atom is -0.480 e. The van der Waals surface area contributed by atoms with Crippen LogP contribution in [0.5, 0.6) is 0 Å². The minimum absolute atomic E-state index is 0.171. The fourth-order valence-electron chi connectivity index (χ4n) is 1.59. The molecule has 0 saturated heterocycles. The van der Waals surface area contributed by atoms with E-state index < -0.39 is 16.4 Å². The van der Waals surface area contributed by atoms with Gasteiger partial charge in [-0.3, -0.25) is 0 Å². The van der Waals surface area contributed by atoms with Crippen molar-refractivity contribution in [3.63, 3.8) is 0 Å². The Hall–Kier alpha value is -2.12. The smallest absolute Gasteiger partial charge is 0.366 e. The summed E-state index contributed by atoms with van der Waals surface area (Å²) >= 11 is 0. The molecule has 0 amide bonds. The van der Waals surface area contributed by atoms with Crippen molar-refractivity contribution < 1.29 is 14.8 Å². The van der Waals surface area contributed by atoms with Gasteiger partial charge in [0.1, 0.15) is 11.7 Å². The highest BCUT2D eigenvalue weighted by Gasteiger charge is 2.37. The van der Waals surface area contributed by atoms with Gasteiger partial charge in [0.05, 0.1) is 0 Å². The first-order valence-electron chi connectivity index (χ1n) is 5.01. The topological polar surface area (TPSA) is 112 Å². The average molecular weight is 242 g/mol. The highest BCUT2D eigenvalue weighted by molar-refractivity contribution is 5.83. The van der Waals surface area contributed by atoms with Crippen molar-refractivity contribution in [3.05, 3.63) is 16.3 Å². The van der Waals surface area contributed by atoms with Crippen LogP contribution in [0, 0.1) is 10.1 Å². The molecule has 94 valence electrons. The summed E-state index contributed by atoms with van der Waals surface area (Å²) in [4.78, 5) is 22.7. The summed E-state index contributed by atoms with van der Waals surface area (Å²) in [7, 11) is 0. The highest BCUT2D eigenvalue weighted by atomic mass is 16.6. The molecular formula is C9H14N4O4. The highest BCUT2D eigenvalue weighted by Crippen LogP contribution is 2.30. The summed E-state index contributed by atoms with van der Waals surface area (Å²) in [5, 5.41) is 25.7. The van der Waals surface area contributed by atoms with E-state index in [2.05, 4.69) is 10.2 Å². The zero-order valence-electron chi connectivity index (χ0n) is 9.80. The standard InChI is InChI=1S/C9H14N4O4/c1-4-12(9(2,3)8(14)15)6-5-10-11-7(6)13(16)17/h5H,4H2,1-3H3,(H,10,11)(H,14,15). The van der Waals surface area contributed by atoms with E-state index in [1.165, 1.54) is 24.9 Å². The lowest BCUT2D eigenvalue weighted by Crippen LogP contribution is -2.50. The van der Waals surface area contributed by atoms with E-state index in [1.807, 2.05) is 0 Å². The summed E-state index contributed by atoms with van der Waals surface area (Å²) in [6.07, 6.45) is 1.26. The van der Waals surface area contributed by atoms with Gasteiger partial charge in [0.15, 0.2) is 5.69 Å². The Morgan fingerprint density at radius 1 is 1.71 bits per heavy atom. The van der Waals surface area contributed by atoms with Crippen molar-refractivity contribution in [3.8, 4) is 0 Å². The molecule has 1 aromatic rings. The quantitative estimate of drug-likeness (QED) is 0.588. The fourth-order valence-corrected chi connectivity index (χ4v) is 1.59. The van der Waals surface area contributed by atoms with Crippen molar-refractivity contribution in [2.24, 2.45) is 0 Å². The predicted molar refractivity (Wildman–Crippen MR) is 60.0 cm³/mol. The fraction of sp³-hybridized carbons (Fsp3) is 0.556. The molecule has 1 aromatic heterocycles. The number of hydrogen-bond donors (Lipinski definition) is 2. The number of carbonyl (C=O) groups is 1. The number of aliphatic carboxylic acids is 1. The number of nitro groups is 1. The van der Waals surface area contributed by atoms with Crippen LogP contribution in [-0.4, -0.2) is 38.3 Å². The zero-order chi connectivity index (χ0) is 13.2. The summed E-state index contributed by atoms with van der Waals surface area (Å²) in [5.41, 5.74) is -1.08. The normalized spacial score (nSPS) is 11.2. The molecule has 0 fully saturated rings. The molecule has 17 heavy (non-hydrogen) atoms. The van der Waals surface area contributed by atoms with Crippen molar-refractivity contribution in [2.75, 3.05) is 11.4 Å². The van der Waals surface area contributed by atoms with Crippen LogP contribution in [-0.2, 0) is 4.79 Å². The Balaban J connectivity index is 3.23. The Bertz CT molecular complexity index is 440. The maximum atomic E-state index is 11.2. The van der Waals surface area contributed by atoms with Gasteiger partial charge in [-0.15, -0.1) is 5.10 Å². The molecule has 0 unspecified atom stereocenters. The van der Waals surface area contributed by atoms with Crippen LogP contribution in [0.25, 0.3) is 0 Å². The maximum absolute atomic E-state index is 11.2. The van der Waals surface area contributed by atoms with Gasteiger partial charge in [0.25, 0.3) is 0 Å². The molecule has 0 radical (unpaired) electrons. The van der Waals surface area contributed by atoms with E-state index in [9.17, 15) is 14.9 Å². The van der Waals surface area contributed by atoms with Crippen molar-refractivity contribution in [1.29, 1.82) is 0 Å². The van der Waals surface area contributed by atoms with Gasteiger partial charge in [-0.25, -0.2) is 4.79 Å². The summed E-state index contributed by atoms with van der Waals surface area (Å²) in [6, 6.07) is 0. The number of hydrogen-bond acceptors (Lipinski definition) is 5. The third-order valence-corrected chi connectivity index (χ3v) is 2.59. The summed E-state index contributed by atoms with van der Waals surface area (Å²) < 4.78 is 0. The van der Waals surface area contributed by atoms with Crippen LogP contribution in [0.1, 0.15) is 20.8 Å². The number of H-pyrrole nitrogens is 1. The van der Waals surface area contributed by atoms with Crippen LogP contribution >= 0.6 is 0 Å². The first-order valence-corrected chi connectivity index (χ1v) is 5.01. The molecule has 0 atom stereocenters. The molecule has 0 bridgehead atoms.